The number of hydrogen-bond donors (Lipinski definition) is 1. The highest BCUT2D eigenvalue weighted by Gasteiger charge is 2.46. The molecule has 3 aromatic rings. The van der Waals surface area contributed by atoms with E-state index >= 15 is 0 Å². The number of thiophene rings is 1. The summed E-state index contributed by atoms with van der Waals surface area (Å²) in [4.78, 5) is 27.6. The van der Waals surface area contributed by atoms with Gasteiger partial charge < -0.3 is 9.84 Å². The van der Waals surface area contributed by atoms with Crippen molar-refractivity contribution in [3.63, 3.8) is 0 Å². The second-order valence-corrected chi connectivity index (χ2v) is 7.40. The molecule has 0 bridgehead atoms. The first-order valence-corrected chi connectivity index (χ1v) is 9.62. The zero-order chi connectivity index (χ0) is 19.0. The lowest BCUT2D eigenvalue weighted by Gasteiger charge is -2.24. The molecule has 1 amide bonds. The second-order valence-electron chi connectivity index (χ2n) is 5.64. The molecule has 0 saturated carbocycles. The molecule has 0 spiro atoms. The molecule has 1 atom stereocenters. The van der Waals surface area contributed by atoms with Crippen LogP contribution in [0.2, 0.25) is 0 Å². The van der Waals surface area contributed by atoms with Crippen LogP contribution in [0.5, 0.6) is 5.75 Å². The number of methoxy groups -OCH3 is 1. The number of anilines is 1. The summed E-state index contributed by atoms with van der Waals surface area (Å²) in [6.45, 7) is 0. The summed E-state index contributed by atoms with van der Waals surface area (Å²) in [6, 6.07) is 9.59. The number of ether oxygens (including phenoxy) is 1. The number of aliphatic hydroxyl groups is 1. The summed E-state index contributed by atoms with van der Waals surface area (Å²) in [5.41, 5.74) is 2.18. The molecule has 1 N–H and O–H groups in total. The van der Waals surface area contributed by atoms with E-state index < -0.39 is 17.7 Å². The van der Waals surface area contributed by atoms with Crippen LogP contribution < -0.4 is 9.64 Å². The maximum atomic E-state index is 13.0. The quantitative estimate of drug-likeness (QED) is 0.661. The van der Waals surface area contributed by atoms with E-state index in [0.29, 0.717) is 21.3 Å². The predicted octanol–water partition coefficient (Wildman–Crippen LogP) is 3.39. The summed E-state index contributed by atoms with van der Waals surface area (Å²) < 4.78 is 5.18. The molecule has 7 nitrogen and oxygen atoms in total. The third-order valence-corrected chi connectivity index (χ3v) is 5.74. The Morgan fingerprint density at radius 2 is 2.00 bits per heavy atom. The normalized spacial score (nSPS) is 16.9. The molecule has 4 rings (SSSR count). The van der Waals surface area contributed by atoms with Crippen molar-refractivity contribution >= 4 is 39.5 Å². The maximum Gasteiger partial charge on any atom is 0.296 e. The van der Waals surface area contributed by atoms with Gasteiger partial charge >= 0.3 is 0 Å². The number of carbonyl (C=O) groups excluding carboxylic acids is 2. The summed E-state index contributed by atoms with van der Waals surface area (Å²) >= 11 is 2.41. The molecule has 0 unspecified atom stereocenters. The molecular weight excluding hydrogens is 386 g/mol. The number of amides is 1. The Morgan fingerprint density at radius 3 is 2.59 bits per heavy atom. The molecule has 0 saturated heterocycles. The maximum absolute atomic E-state index is 13.0. The number of nitrogens with zero attached hydrogens (tertiary/aromatic N) is 3. The van der Waals surface area contributed by atoms with E-state index in [0.717, 1.165) is 11.3 Å². The lowest BCUT2D eigenvalue weighted by Crippen LogP contribution is -2.31. The minimum Gasteiger partial charge on any atom is -0.503 e. The van der Waals surface area contributed by atoms with E-state index in [1.807, 2.05) is 0 Å². The number of benzene rings is 1. The monoisotopic (exact) mass is 399 g/mol. The Kier molecular flexibility index (Phi) is 4.46. The Bertz CT molecular complexity index is 1010. The highest BCUT2D eigenvalue weighted by Crippen LogP contribution is 2.42. The summed E-state index contributed by atoms with van der Waals surface area (Å²) in [5.74, 6) is -0.981. The van der Waals surface area contributed by atoms with Crippen LogP contribution in [0.1, 0.15) is 21.3 Å². The molecule has 1 aliphatic heterocycles. The van der Waals surface area contributed by atoms with Gasteiger partial charge in [0.05, 0.1) is 23.6 Å². The van der Waals surface area contributed by atoms with E-state index in [4.69, 9.17) is 4.74 Å². The molecule has 136 valence electrons. The van der Waals surface area contributed by atoms with Crippen molar-refractivity contribution < 1.29 is 19.4 Å². The van der Waals surface area contributed by atoms with E-state index in [9.17, 15) is 14.7 Å². The number of Topliss-reactive ketones (excluding diaryl/α,β-unsaturated/α-hetero) is 1. The first kappa shape index (κ1) is 17.4. The lowest BCUT2D eigenvalue weighted by molar-refractivity contribution is -0.117. The Morgan fingerprint density at radius 1 is 1.22 bits per heavy atom. The van der Waals surface area contributed by atoms with Gasteiger partial charge in [0, 0.05) is 0 Å². The van der Waals surface area contributed by atoms with Crippen LogP contribution in [-0.2, 0) is 4.79 Å². The van der Waals surface area contributed by atoms with Crippen molar-refractivity contribution in [1.82, 2.24) is 10.2 Å². The topological polar surface area (TPSA) is 92.6 Å². The Labute approximate surface area is 162 Å². The van der Waals surface area contributed by atoms with Gasteiger partial charge in [-0.3, -0.25) is 14.5 Å². The van der Waals surface area contributed by atoms with Crippen molar-refractivity contribution in [2.75, 3.05) is 12.0 Å². The van der Waals surface area contributed by atoms with Crippen LogP contribution in [0.25, 0.3) is 0 Å². The van der Waals surface area contributed by atoms with Crippen molar-refractivity contribution in [2.45, 2.75) is 6.04 Å². The fourth-order valence-corrected chi connectivity index (χ4v) is 4.21. The van der Waals surface area contributed by atoms with Crippen molar-refractivity contribution in [3.05, 3.63) is 69.1 Å². The zero-order valence-corrected chi connectivity index (χ0v) is 15.7. The molecule has 0 fully saturated rings. The molecular formula is C18H13N3O4S2. The Balaban J connectivity index is 1.86. The van der Waals surface area contributed by atoms with Crippen molar-refractivity contribution in [3.8, 4) is 5.75 Å². The number of ketones is 1. The number of carbonyl (C=O) groups is 2. The molecule has 1 aliphatic rings. The van der Waals surface area contributed by atoms with Crippen LogP contribution in [0.3, 0.4) is 0 Å². The van der Waals surface area contributed by atoms with Crippen molar-refractivity contribution in [2.24, 2.45) is 0 Å². The first-order chi connectivity index (χ1) is 13.1. The number of aromatic nitrogens is 2. The third-order valence-electron chi connectivity index (χ3n) is 4.18. The highest BCUT2D eigenvalue weighted by molar-refractivity contribution is 7.13. The molecule has 9 heteroatoms. The second kappa shape index (κ2) is 6.93. The van der Waals surface area contributed by atoms with Gasteiger partial charge in [-0.1, -0.05) is 29.5 Å². The average Bonchev–Trinajstić information content (AvgIpc) is 3.44. The van der Waals surface area contributed by atoms with Crippen LogP contribution in [0, 0.1) is 0 Å². The van der Waals surface area contributed by atoms with Gasteiger partial charge in [-0.15, -0.1) is 21.5 Å². The smallest absolute Gasteiger partial charge is 0.296 e. The molecule has 0 radical (unpaired) electrons. The van der Waals surface area contributed by atoms with E-state index in [1.54, 1.807) is 48.9 Å². The SMILES string of the molecule is COc1ccc([C@H]2C(C(=O)c3cccs3)=C(O)C(=O)N2c2nncs2)cc1. The zero-order valence-electron chi connectivity index (χ0n) is 14.0. The number of hydrogen-bond acceptors (Lipinski definition) is 8. The van der Waals surface area contributed by atoms with Gasteiger partial charge in [-0.2, -0.15) is 0 Å². The molecule has 1 aromatic carbocycles. The minimum atomic E-state index is -0.800. The lowest BCUT2D eigenvalue weighted by atomic mass is 9.95. The van der Waals surface area contributed by atoms with E-state index in [-0.39, 0.29) is 11.4 Å². The van der Waals surface area contributed by atoms with E-state index in [2.05, 4.69) is 10.2 Å². The Hall–Kier alpha value is -3.04. The first-order valence-electron chi connectivity index (χ1n) is 7.87. The fraction of sp³-hybridized carbons (Fsp3) is 0.111. The summed E-state index contributed by atoms with van der Waals surface area (Å²) in [7, 11) is 1.55. The van der Waals surface area contributed by atoms with E-state index in [1.165, 1.54) is 21.7 Å². The van der Waals surface area contributed by atoms with Crippen LogP contribution in [0.4, 0.5) is 5.13 Å². The van der Waals surface area contributed by atoms with Crippen molar-refractivity contribution in [1.29, 1.82) is 0 Å². The molecule has 3 heterocycles. The standard InChI is InChI=1S/C18H13N3O4S2/c1-25-11-6-4-10(5-7-11)14-13(15(22)12-3-2-8-26-12)16(23)17(24)21(14)18-20-19-9-27-18/h2-9,14,23H,1H3/t14-/m0/s1. The minimum absolute atomic E-state index is 0.0304. The van der Waals surface area contributed by atoms with Gasteiger partial charge in [0.25, 0.3) is 5.91 Å². The van der Waals surface area contributed by atoms with Gasteiger partial charge in [0.2, 0.25) is 10.9 Å². The summed E-state index contributed by atoms with van der Waals surface area (Å²) in [5, 5.41) is 20.3. The highest BCUT2D eigenvalue weighted by atomic mass is 32.1. The average molecular weight is 399 g/mol. The largest absolute Gasteiger partial charge is 0.503 e. The molecule has 2 aromatic heterocycles. The van der Waals surface area contributed by atoms with Crippen LogP contribution in [-0.4, -0.2) is 34.1 Å². The van der Waals surface area contributed by atoms with Gasteiger partial charge in [-0.25, -0.2) is 0 Å². The third kappa shape index (κ3) is 2.90. The van der Waals surface area contributed by atoms with Crippen LogP contribution >= 0.6 is 22.7 Å². The number of aliphatic hydroxyl groups excluding tert-OH is 1. The van der Waals surface area contributed by atoms with Gasteiger partial charge in [0.1, 0.15) is 11.3 Å². The van der Waals surface area contributed by atoms with Crippen LogP contribution in [0.15, 0.2) is 58.6 Å². The predicted molar refractivity (Wildman–Crippen MR) is 101 cm³/mol. The molecule has 27 heavy (non-hydrogen) atoms. The number of rotatable bonds is 5. The molecule has 0 aliphatic carbocycles. The fourth-order valence-electron chi connectivity index (χ4n) is 2.95. The van der Waals surface area contributed by atoms with Gasteiger partial charge in [0.15, 0.2) is 5.76 Å². The summed E-state index contributed by atoms with van der Waals surface area (Å²) in [6.07, 6.45) is 0. The van der Waals surface area contributed by atoms with Gasteiger partial charge in [-0.05, 0) is 29.1 Å².